The lowest BCUT2D eigenvalue weighted by Gasteiger charge is -1.98. The van der Waals surface area contributed by atoms with Crippen molar-refractivity contribution in [2.24, 2.45) is 0 Å². The fourth-order valence-corrected chi connectivity index (χ4v) is 2.68. The molecule has 106 valence electrons. The maximum atomic E-state index is 11.8. The number of amides is 1. The van der Waals surface area contributed by atoms with Crippen LogP contribution in [0.2, 0.25) is 0 Å². The van der Waals surface area contributed by atoms with Crippen LogP contribution < -0.4 is 5.32 Å². The van der Waals surface area contributed by atoms with E-state index in [-0.39, 0.29) is 5.91 Å². The van der Waals surface area contributed by atoms with Gasteiger partial charge in [-0.2, -0.15) is 0 Å². The van der Waals surface area contributed by atoms with E-state index in [0.717, 1.165) is 21.9 Å². The van der Waals surface area contributed by atoms with Crippen LogP contribution in [0.1, 0.15) is 16.3 Å². The number of aromatic nitrogens is 2. The zero-order chi connectivity index (χ0) is 14.7. The summed E-state index contributed by atoms with van der Waals surface area (Å²) in [5, 5.41) is 4.83. The van der Waals surface area contributed by atoms with E-state index in [9.17, 15) is 4.79 Å². The molecular weight excluding hydrogens is 282 g/mol. The van der Waals surface area contributed by atoms with Crippen molar-refractivity contribution in [3.63, 3.8) is 0 Å². The molecule has 0 spiro atoms. The number of thiophene rings is 1. The summed E-state index contributed by atoms with van der Waals surface area (Å²) >= 11 is 1.60. The highest BCUT2D eigenvalue weighted by Gasteiger charge is 2.04. The summed E-state index contributed by atoms with van der Waals surface area (Å²) < 4.78 is 2.02. The standard InChI is InChI=1S/C16H15N3OS/c1-12-4-2-6-15-18-13(11-19(12)15)10-17-16(20)8-7-14-5-3-9-21-14/h2-9,11H,10H2,1H3,(H,17,20). The molecule has 3 heterocycles. The Morgan fingerprint density at radius 3 is 3.05 bits per heavy atom. The molecule has 0 atom stereocenters. The average Bonchev–Trinajstić information content (AvgIpc) is 3.12. The summed E-state index contributed by atoms with van der Waals surface area (Å²) in [6.07, 6.45) is 5.31. The number of hydrogen-bond donors (Lipinski definition) is 1. The molecule has 0 unspecified atom stereocenters. The van der Waals surface area contributed by atoms with Crippen LogP contribution in [0.3, 0.4) is 0 Å². The fraction of sp³-hybridized carbons (Fsp3) is 0.125. The monoisotopic (exact) mass is 297 g/mol. The molecule has 0 aliphatic rings. The van der Waals surface area contributed by atoms with E-state index in [1.165, 1.54) is 0 Å². The lowest BCUT2D eigenvalue weighted by molar-refractivity contribution is -0.116. The number of pyridine rings is 1. The predicted molar refractivity (Wildman–Crippen MR) is 85.1 cm³/mol. The molecule has 3 rings (SSSR count). The van der Waals surface area contributed by atoms with Crippen LogP contribution in [-0.2, 0) is 11.3 Å². The molecule has 4 nitrogen and oxygen atoms in total. The molecule has 0 saturated heterocycles. The summed E-state index contributed by atoms with van der Waals surface area (Å²) in [5.41, 5.74) is 2.87. The van der Waals surface area contributed by atoms with Crippen molar-refractivity contribution in [1.29, 1.82) is 0 Å². The predicted octanol–water partition coefficient (Wildman–Crippen LogP) is 3.03. The summed E-state index contributed by atoms with van der Waals surface area (Å²) in [6, 6.07) is 9.89. The third kappa shape index (κ3) is 3.20. The first-order chi connectivity index (χ1) is 10.2. The zero-order valence-electron chi connectivity index (χ0n) is 11.6. The Bertz CT molecular complexity index is 787. The molecule has 3 aromatic rings. The highest BCUT2D eigenvalue weighted by Crippen LogP contribution is 2.10. The quantitative estimate of drug-likeness (QED) is 0.752. The van der Waals surface area contributed by atoms with Gasteiger partial charge in [0.2, 0.25) is 5.91 Å². The van der Waals surface area contributed by atoms with E-state index in [2.05, 4.69) is 10.3 Å². The van der Waals surface area contributed by atoms with Crippen LogP contribution in [0.4, 0.5) is 0 Å². The molecule has 0 aliphatic heterocycles. The summed E-state index contributed by atoms with van der Waals surface area (Å²) in [7, 11) is 0. The van der Waals surface area contributed by atoms with E-state index in [0.29, 0.717) is 6.54 Å². The number of nitrogens with zero attached hydrogens (tertiary/aromatic N) is 2. The lowest BCUT2D eigenvalue weighted by Crippen LogP contribution is -2.20. The van der Waals surface area contributed by atoms with Crippen LogP contribution in [0.5, 0.6) is 0 Å². The average molecular weight is 297 g/mol. The summed E-state index contributed by atoms with van der Waals surface area (Å²) in [4.78, 5) is 17.3. The van der Waals surface area contributed by atoms with Gasteiger partial charge in [-0.25, -0.2) is 4.98 Å². The van der Waals surface area contributed by atoms with Gasteiger partial charge in [0.05, 0.1) is 12.2 Å². The molecule has 0 aliphatic carbocycles. The molecular formula is C16H15N3OS. The number of hydrogen-bond acceptors (Lipinski definition) is 3. The highest BCUT2D eigenvalue weighted by molar-refractivity contribution is 7.10. The normalized spacial score (nSPS) is 11.3. The molecule has 0 aromatic carbocycles. The van der Waals surface area contributed by atoms with Crippen LogP contribution >= 0.6 is 11.3 Å². The van der Waals surface area contributed by atoms with Crippen LogP contribution in [0.25, 0.3) is 11.7 Å². The fourth-order valence-electron chi connectivity index (χ4n) is 2.06. The largest absolute Gasteiger partial charge is 0.347 e. The maximum Gasteiger partial charge on any atom is 0.244 e. The van der Waals surface area contributed by atoms with E-state index < -0.39 is 0 Å². The number of rotatable bonds is 4. The van der Waals surface area contributed by atoms with Gasteiger partial charge in [0, 0.05) is 22.8 Å². The topological polar surface area (TPSA) is 46.4 Å². The third-order valence-electron chi connectivity index (χ3n) is 3.13. The Morgan fingerprint density at radius 2 is 2.29 bits per heavy atom. The Balaban J connectivity index is 1.63. The SMILES string of the molecule is Cc1cccc2nc(CNC(=O)C=Cc3cccs3)cn12. The van der Waals surface area contributed by atoms with Gasteiger partial charge in [-0.1, -0.05) is 12.1 Å². The van der Waals surface area contributed by atoms with Gasteiger partial charge in [-0.3, -0.25) is 4.79 Å². The van der Waals surface area contributed by atoms with Crippen LogP contribution in [0.15, 0.2) is 48.0 Å². The summed E-state index contributed by atoms with van der Waals surface area (Å²) in [6.45, 7) is 2.45. The molecule has 0 fully saturated rings. The molecule has 1 N–H and O–H groups in total. The molecule has 3 aromatic heterocycles. The van der Waals surface area contributed by atoms with E-state index in [4.69, 9.17) is 0 Å². The number of fused-ring (bicyclic) bond motifs is 1. The van der Waals surface area contributed by atoms with E-state index in [1.807, 2.05) is 59.3 Å². The smallest absolute Gasteiger partial charge is 0.244 e. The molecule has 0 radical (unpaired) electrons. The second-order valence-electron chi connectivity index (χ2n) is 4.69. The number of nitrogens with one attached hydrogen (secondary N) is 1. The lowest BCUT2D eigenvalue weighted by atomic mass is 10.4. The Hall–Kier alpha value is -2.40. The first-order valence-corrected chi connectivity index (χ1v) is 7.53. The number of aryl methyl sites for hydroxylation is 1. The minimum Gasteiger partial charge on any atom is -0.347 e. The van der Waals surface area contributed by atoms with Crippen molar-refractivity contribution in [2.45, 2.75) is 13.5 Å². The minimum absolute atomic E-state index is 0.114. The first-order valence-electron chi connectivity index (χ1n) is 6.65. The zero-order valence-corrected chi connectivity index (χ0v) is 12.4. The second-order valence-corrected chi connectivity index (χ2v) is 5.67. The van der Waals surface area contributed by atoms with E-state index >= 15 is 0 Å². The Kier molecular flexibility index (Phi) is 3.83. The number of carbonyl (C=O) groups excluding carboxylic acids is 1. The first kappa shape index (κ1) is 13.6. The summed E-state index contributed by atoms with van der Waals surface area (Å²) in [5.74, 6) is -0.114. The van der Waals surface area contributed by atoms with Gasteiger partial charge in [-0.05, 0) is 36.6 Å². The third-order valence-corrected chi connectivity index (χ3v) is 3.97. The van der Waals surface area contributed by atoms with Gasteiger partial charge in [-0.15, -0.1) is 11.3 Å². The van der Waals surface area contributed by atoms with Crippen molar-refractivity contribution < 1.29 is 4.79 Å². The van der Waals surface area contributed by atoms with Gasteiger partial charge in [0.15, 0.2) is 0 Å². The molecule has 5 heteroatoms. The van der Waals surface area contributed by atoms with Crippen molar-refractivity contribution in [2.75, 3.05) is 0 Å². The van der Waals surface area contributed by atoms with Crippen molar-refractivity contribution in [1.82, 2.24) is 14.7 Å². The highest BCUT2D eigenvalue weighted by atomic mass is 32.1. The number of carbonyl (C=O) groups is 1. The van der Waals surface area contributed by atoms with Crippen molar-refractivity contribution in [3.05, 3.63) is 64.2 Å². The van der Waals surface area contributed by atoms with Gasteiger partial charge in [0.1, 0.15) is 5.65 Å². The van der Waals surface area contributed by atoms with Gasteiger partial charge in [0.25, 0.3) is 0 Å². The minimum atomic E-state index is -0.114. The molecule has 0 bridgehead atoms. The van der Waals surface area contributed by atoms with Crippen molar-refractivity contribution >= 4 is 29.0 Å². The second kappa shape index (κ2) is 5.93. The molecule has 1 amide bonds. The van der Waals surface area contributed by atoms with Gasteiger partial charge >= 0.3 is 0 Å². The van der Waals surface area contributed by atoms with Crippen molar-refractivity contribution in [3.8, 4) is 0 Å². The molecule has 0 saturated carbocycles. The Labute approximate surface area is 126 Å². The van der Waals surface area contributed by atoms with E-state index in [1.54, 1.807) is 17.4 Å². The van der Waals surface area contributed by atoms with Crippen LogP contribution in [0, 0.1) is 6.92 Å². The van der Waals surface area contributed by atoms with Gasteiger partial charge < -0.3 is 9.72 Å². The van der Waals surface area contributed by atoms with Crippen LogP contribution in [-0.4, -0.2) is 15.3 Å². The maximum absolute atomic E-state index is 11.8. The molecule has 21 heavy (non-hydrogen) atoms. The Morgan fingerprint density at radius 1 is 1.38 bits per heavy atom. The number of imidazole rings is 1.